The molecular formula is C9H13N3. The van der Waals surface area contributed by atoms with Gasteiger partial charge in [-0.15, -0.1) is 0 Å². The van der Waals surface area contributed by atoms with Crippen LogP contribution in [0.2, 0.25) is 0 Å². The van der Waals surface area contributed by atoms with E-state index in [-0.39, 0.29) is 5.41 Å². The van der Waals surface area contributed by atoms with Crippen molar-refractivity contribution in [3.8, 4) is 0 Å². The molecule has 0 bridgehead atoms. The minimum absolute atomic E-state index is 0.0509. The third-order valence-corrected chi connectivity index (χ3v) is 1.74. The van der Waals surface area contributed by atoms with Gasteiger partial charge in [0, 0.05) is 5.69 Å². The van der Waals surface area contributed by atoms with Crippen LogP contribution >= 0.6 is 0 Å². The lowest BCUT2D eigenvalue weighted by atomic mass is 9.91. The minimum Gasteiger partial charge on any atom is -0.294 e. The van der Waals surface area contributed by atoms with Crippen LogP contribution in [-0.4, -0.2) is 10.2 Å². The molecule has 0 aliphatic rings. The zero-order chi connectivity index (χ0) is 9.35. The quantitative estimate of drug-likeness (QED) is 0.586. The molecule has 0 fully saturated rings. The zero-order valence-electron chi connectivity index (χ0n) is 7.89. The third kappa shape index (κ3) is 1.33. The van der Waals surface area contributed by atoms with Crippen molar-refractivity contribution in [2.45, 2.75) is 33.1 Å². The molecule has 0 aliphatic carbocycles. The number of hydrogen-bond donors (Lipinski definition) is 1. The first-order chi connectivity index (χ1) is 5.46. The first-order valence-corrected chi connectivity index (χ1v) is 3.89. The number of aromatic nitrogens is 2. The monoisotopic (exact) mass is 163 g/mol. The van der Waals surface area contributed by atoms with Crippen molar-refractivity contribution >= 4 is 5.69 Å². The van der Waals surface area contributed by atoms with Gasteiger partial charge in [0.05, 0.1) is 12.3 Å². The van der Waals surface area contributed by atoms with Gasteiger partial charge in [-0.2, -0.15) is 5.10 Å². The highest BCUT2D eigenvalue weighted by Crippen LogP contribution is 2.31. The van der Waals surface area contributed by atoms with Gasteiger partial charge >= 0.3 is 0 Å². The average Bonchev–Trinajstić information content (AvgIpc) is 2.29. The van der Waals surface area contributed by atoms with Crippen molar-refractivity contribution in [3.63, 3.8) is 0 Å². The van der Waals surface area contributed by atoms with Crippen LogP contribution in [0.4, 0.5) is 5.69 Å². The van der Waals surface area contributed by atoms with Crippen LogP contribution in [0.5, 0.6) is 0 Å². The predicted molar refractivity (Wildman–Crippen MR) is 48.3 cm³/mol. The Morgan fingerprint density at radius 2 is 2.00 bits per heavy atom. The summed E-state index contributed by atoms with van der Waals surface area (Å²) >= 11 is 0. The minimum atomic E-state index is -0.0509. The first kappa shape index (κ1) is 8.79. The summed E-state index contributed by atoms with van der Waals surface area (Å²) in [5, 5.41) is 6.95. The highest BCUT2D eigenvalue weighted by Gasteiger charge is 2.22. The second-order valence-corrected chi connectivity index (χ2v) is 3.91. The number of aryl methyl sites for hydroxylation is 1. The molecule has 3 nitrogen and oxygen atoms in total. The largest absolute Gasteiger partial charge is 0.294 e. The van der Waals surface area contributed by atoms with Crippen LogP contribution in [-0.2, 0) is 5.41 Å². The standard InChI is InChI=1S/C9H13N3/c1-6-7(10-5)8(12-11-6)9(2,3)4/h1-4H3,(H,11,12). The van der Waals surface area contributed by atoms with Crippen molar-refractivity contribution in [1.29, 1.82) is 0 Å². The van der Waals surface area contributed by atoms with Crippen molar-refractivity contribution in [2.75, 3.05) is 0 Å². The third-order valence-electron chi connectivity index (χ3n) is 1.74. The van der Waals surface area contributed by atoms with Crippen LogP contribution in [0.1, 0.15) is 32.2 Å². The van der Waals surface area contributed by atoms with Crippen LogP contribution in [0.3, 0.4) is 0 Å². The lowest BCUT2D eigenvalue weighted by Crippen LogP contribution is -2.11. The van der Waals surface area contributed by atoms with Crippen molar-refractivity contribution in [2.24, 2.45) is 0 Å². The number of nitrogens with one attached hydrogen (secondary N) is 1. The summed E-state index contributed by atoms with van der Waals surface area (Å²) in [5.41, 5.74) is 2.33. The van der Waals surface area contributed by atoms with Crippen LogP contribution in [0, 0.1) is 13.5 Å². The Morgan fingerprint density at radius 1 is 1.42 bits per heavy atom. The second-order valence-electron chi connectivity index (χ2n) is 3.91. The molecule has 0 spiro atoms. The molecule has 0 aromatic carbocycles. The van der Waals surface area contributed by atoms with Crippen LogP contribution < -0.4 is 0 Å². The fourth-order valence-corrected chi connectivity index (χ4v) is 1.08. The molecule has 1 N–H and O–H groups in total. The molecule has 0 radical (unpaired) electrons. The van der Waals surface area contributed by atoms with Crippen molar-refractivity contribution < 1.29 is 0 Å². The maximum absolute atomic E-state index is 6.99. The molecule has 0 saturated heterocycles. The van der Waals surface area contributed by atoms with Gasteiger partial charge in [0.15, 0.2) is 0 Å². The molecule has 0 unspecified atom stereocenters. The summed E-state index contributed by atoms with van der Waals surface area (Å²) in [4.78, 5) is 3.45. The van der Waals surface area contributed by atoms with E-state index < -0.39 is 0 Å². The first-order valence-electron chi connectivity index (χ1n) is 3.89. The van der Waals surface area contributed by atoms with Crippen molar-refractivity contribution in [1.82, 2.24) is 10.2 Å². The lowest BCUT2D eigenvalue weighted by Gasteiger charge is -2.15. The average molecular weight is 163 g/mol. The fraction of sp³-hybridized carbons (Fsp3) is 0.556. The maximum Gasteiger partial charge on any atom is 0.230 e. The SMILES string of the molecule is [C-]#[N+]c1c(C(C)(C)C)n[nH]c1C. The van der Waals surface area contributed by atoms with Gasteiger partial charge in [-0.3, -0.25) is 5.10 Å². The molecule has 0 atom stereocenters. The lowest BCUT2D eigenvalue weighted by molar-refractivity contribution is 0.569. The fourth-order valence-electron chi connectivity index (χ4n) is 1.08. The molecule has 1 aromatic heterocycles. The summed E-state index contributed by atoms with van der Waals surface area (Å²) < 4.78 is 0. The Morgan fingerprint density at radius 3 is 2.33 bits per heavy atom. The summed E-state index contributed by atoms with van der Waals surface area (Å²) in [7, 11) is 0. The van der Waals surface area contributed by atoms with Crippen molar-refractivity contribution in [3.05, 3.63) is 22.8 Å². The number of H-pyrrole nitrogens is 1. The number of aromatic amines is 1. The van der Waals surface area contributed by atoms with E-state index in [4.69, 9.17) is 6.57 Å². The topological polar surface area (TPSA) is 33.0 Å². The number of nitrogens with zero attached hydrogens (tertiary/aromatic N) is 2. The van der Waals surface area contributed by atoms with E-state index >= 15 is 0 Å². The van der Waals surface area contributed by atoms with Crippen LogP contribution in [0.15, 0.2) is 0 Å². The summed E-state index contributed by atoms with van der Waals surface area (Å²) in [6, 6.07) is 0. The van der Waals surface area contributed by atoms with Gasteiger partial charge in [0.25, 0.3) is 0 Å². The van der Waals surface area contributed by atoms with E-state index in [0.29, 0.717) is 5.69 Å². The number of hydrogen-bond acceptors (Lipinski definition) is 1. The van der Waals surface area contributed by atoms with E-state index in [1.165, 1.54) is 0 Å². The van der Waals surface area contributed by atoms with Gasteiger partial charge in [-0.05, 0) is 12.3 Å². The molecule has 0 saturated carbocycles. The van der Waals surface area contributed by atoms with Gasteiger partial charge < -0.3 is 0 Å². The van der Waals surface area contributed by atoms with E-state index in [1.54, 1.807) is 0 Å². The van der Waals surface area contributed by atoms with Crippen LogP contribution in [0.25, 0.3) is 4.85 Å². The summed E-state index contributed by atoms with van der Waals surface area (Å²) in [6.07, 6.45) is 0. The van der Waals surface area contributed by atoms with E-state index in [2.05, 4.69) is 35.8 Å². The zero-order valence-corrected chi connectivity index (χ0v) is 7.89. The maximum atomic E-state index is 6.99. The summed E-state index contributed by atoms with van der Waals surface area (Å²) in [6.45, 7) is 15.0. The van der Waals surface area contributed by atoms with Gasteiger partial charge in [-0.25, -0.2) is 4.85 Å². The Kier molecular flexibility index (Phi) is 1.93. The highest BCUT2D eigenvalue weighted by atomic mass is 15.1. The Labute approximate surface area is 72.6 Å². The number of rotatable bonds is 0. The molecule has 0 aliphatic heterocycles. The predicted octanol–water partition coefficient (Wildman–Crippen LogP) is 2.57. The molecule has 3 heteroatoms. The van der Waals surface area contributed by atoms with Gasteiger partial charge in [0.2, 0.25) is 5.69 Å². The Balaban J connectivity index is 3.28. The molecular weight excluding hydrogens is 150 g/mol. The summed E-state index contributed by atoms with van der Waals surface area (Å²) in [5.74, 6) is 0. The van der Waals surface area contributed by atoms with E-state index in [9.17, 15) is 0 Å². The Hall–Kier alpha value is -1.30. The Bertz CT molecular complexity index is 323. The van der Waals surface area contributed by atoms with Gasteiger partial charge in [-0.1, -0.05) is 20.8 Å². The van der Waals surface area contributed by atoms with E-state index in [1.807, 2.05) is 6.92 Å². The molecule has 0 amide bonds. The van der Waals surface area contributed by atoms with Gasteiger partial charge in [0.1, 0.15) is 0 Å². The molecule has 12 heavy (non-hydrogen) atoms. The second kappa shape index (κ2) is 2.63. The molecule has 1 heterocycles. The molecule has 64 valence electrons. The smallest absolute Gasteiger partial charge is 0.230 e. The normalized spacial score (nSPS) is 11.2. The highest BCUT2D eigenvalue weighted by molar-refractivity contribution is 5.55. The molecule has 1 aromatic rings. The molecule has 1 rings (SSSR count). The van der Waals surface area contributed by atoms with E-state index in [0.717, 1.165) is 11.4 Å².